The summed E-state index contributed by atoms with van der Waals surface area (Å²) >= 11 is 7.47. The van der Waals surface area contributed by atoms with Crippen LogP contribution in [-0.4, -0.2) is 14.6 Å². The first-order valence-corrected chi connectivity index (χ1v) is 8.13. The molecule has 0 saturated carbocycles. The minimum atomic E-state index is -0.193. The second-order valence-corrected chi connectivity index (χ2v) is 6.19. The van der Waals surface area contributed by atoms with Gasteiger partial charge in [0, 0.05) is 12.5 Å². The molecule has 2 aromatic heterocycles. The number of hydrogen-bond donors (Lipinski definition) is 0. The monoisotopic (exact) mass is 335 g/mol. The van der Waals surface area contributed by atoms with Crippen LogP contribution in [0.4, 0.5) is 0 Å². The van der Waals surface area contributed by atoms with Crippen LogP contribution in [0.15, 0.2) is 35.1 Å². The fourth-order valence-corrected chi connectivity index (χ4v) is 3.21. The molecule has 0 aliphatic carbocycles. The Bertz CT molecular complexity index is 859. The molecule has 3 aromatic rings. The molecule has 0 N–H and O–H groups in total. The summed E-state index contributed by atoms with van der Waals surface area (Å²) in [6, 6.07) is 8.65. The lowest BCUT2D eigenvalue weighted by atomic mass is 10.3. The first kappa shape index (κ1) is 15.0. The lowest BCUT2D eigenvalue weighted by Crippen LogP contribution is -2.16. The van der Waals surface area contributed by atoms with Gasteiger partial charge in [-0.05, 0) is 18.6 Å². The molecule has 22 heavy (non-hydrogen) atoms. The average Bonchev–Trinajstić information content (AvgIpc) is 2.90. The highest BCUT2D eigenvalue weighted by Crippen LogP contribution is 2.24. The van der Waals surface area contributed by atoms with E-state index in [1.54, 1.807) is 12.1 Å². The third-order valence-corrected chi connectivity index (χ3v) is 4.30. The molecular formula is C15H14ClN3O2S. The number of aromatic nitrogens is 3. The van der Waals surface area contributed by atoms with Crippen LogP contribution in [0.5, 0.6) is 5.75 Å². The molecule has 0 fully saturated rings. The highest BCUT2D eigenvalue weighted by Gasteiger charge is 2.09. The molecule has 0 amide bonds. The fourth-order valence-electron chi connectivity index (χ4n) is 2.00. The lowest BCUT2D eigenvalue weighted by Gasteiger charge is -2.06. The van der Waals surface area contributed by atoms with Crippen molar-refractivity contribution in [3.05, 3.63) is 56.4 Å². The van der Waals surface area contributed by atoms with Gasteiger partial charge in [0.25, 0.3) is 5.56 Å². The molecule has 0 radical (unpaired) electrons. The molecule has 0 bridgehead atoms. The molecule has 5 nitrogen and oxygen atoms in total. The quantitative estimate of drug-likeness (QED) is 0.717. The van der Waals surface area contributed by atoms with E-state index in [0.717, 1.165) is 17.8 Å². The molecule has 0 unspecified atom stereocenters. The van der Waals surface area contributed by atoms with Crippen LogP contribution < -0.4 is 10.3 Å². The van der Waals surface area contributed by atoms with E-state index in [9.17, 15) is 4.79 Å². The van der Waals surface area contributed by atoms with E-state index in [1.165, 1.54) is 21.9 Å². The zero-order valence-corrected chi connectivity index (χ0v) is 13.5. The first-order chi connectivity index (χ1) is 10.7. The van der Waals surface area contributed by atoms with Crippen LogP contribution in [0.2, 0.25) is 5.02 Å². The zero-order chi connectivity index (χ0) is 15.5. The van der Waals surface area contributed by atoms with Crippen molar-refractivity contribution in [1.29, 1.82) is 0 Å². The maximum absolute atomic E-state index is 12.1. The minimum absolute atomic E-state index is 0.191. The summed E-state index contributed by atoms with van der Waals surface area (Å²) in [7, 11) is 0. The number of nitrogens with zero attached hydrogens (tertiary/aromatic N) is 3. The van der Waals surface area contributed by atoms with E-state index < -0.39 is 0 Å². The SMILES string of the molecule is CCCc1nn2c(=O)cc(COc3ccccc3Cl)nc2s1. The maximum Gasteiger partial charge on any atom is 0.275 e. The summed E-state index contributed by atoms with van der Waals surface area (Å²) in [5.41, 5.74) is 0.373. The Kier molecular flexibility index (Phi) is 4.40. The molecule has 114 valence electrons. The van der Waals surface area contributed by atoms with Gasteiger partial charge in [0.1, 0.15) is 17.4 Å². The van der Waals surface area contributed by atoms with Crippen LogP contribution in [0.1, 0.15) is 24.0 Å². The Balaban J connectivity index is 1.85. The van der Waals surface area contributed by atoms with Crippen molar-refractivity contribution in [2.45, 2.75) is 26.4 Å². The normalized spacial score (nSPS) is 11.0. The Hall–Kier alpha value is -1.92. The van der Waals surface area contributed by atoms with Crippen molar-refractivity contribution in [3.63, 3.8) is 0 Å². The fraction of sp³-hybridized carbons (Fsp3) is 0.267. The number of halogens is 1. The number of ether oxygens (including phenoxy) is 1. The van der Waals surface area contributed by atoms with Crippen molar-refractivity contribution in [2.75, 3.05) is 0 Å². The van der Waals surface area contributed by atoms with Crippen molar-refractivity contribution < 1.29 is 4.74 Å². The molecule has 3 rings (SSSR count). The van der Waals surface area contributed by atoms with Crippen LogP contribution in [-0.2, 0) is 13.0 Å². The van der Waals surface area contributed by atoms with E-state index in [-0.39, 0.29) is 12.2 Å². The summed E-state index contributed by atoms with van der Waals surface area (Å²) in [6.07, 6.45) is 1.83. The molecule has 1 aromatic carbocycles. The zero-order valence-electron chi connectivity index (χ0n) is 12.0. The van der Waals surface area contributed by atoms with Crippen LogP contribution >= 0.6 is 22.9 Å². The summed E-state index contributed by atoms with van der Waals surface area (Å²) in [4.78, 5) is 17.1. The predicted molar refractivity (Wildman–Crippen MR) is 86.9 cm³/mol. The third kappa shape index (κ3) is 3.13. The number of para-hydroxylation sites is 1. The van der Waals surface area contributed by atoms with Gasteiger partial charge in [-0.25, -0.2) is 4.98 Å². The van der Waals surface area contributed by atoms with E-state index >= 15 is 0 Å². The lowest BCUT2D eigenvalue weighted by molar-refractivity contribution is 0.301. The van der Waals surface area contributed by atoms with Gasteiger partial charge < -0.3 is 4.74 Å². The molecule has 0 aliphatic rings. The van der Waals surface area contributed by atoms with E-state index in [1.807, 2.05) is 12.1 Å². The van der Waals surface area contributed by atoms with Crippen molar-refractivity contribution in [3.8, 4) is 5.75 Å². The number of fused-ring (bicyclic) bond motifs is 1. The van der Waals surface area contributed by atoms with Gasteiger partial charge in [0.05, 0.1) is 10.7 Å². The molecule has 7 heteroatoms. The van der Waals surface area contributed by atoms with Gasteiger partial charge in [-0.3, -0.25) is 4.79 Å². The smallest absolute Gasteiger partial charge is 0.275 e. The summed E-state index contributed by atoms with van der Waals surface area (Å²) in [5, 5.41) is 5.72. The summed E-state index contributed by atoms with van der Waals surface area (Å²) in [6.45, 7) is 2.27. The first-order valence-electron chi connectivity index (χ1n) is 6.93. The molecule has 0 atom stereocenters. The Labute approximate surface area is 136 Å². The van der Waals surface area contributed by atoms with Crippen molar-refractivity contribution in [2.24, 2.45) is 0 Å². The number of aryl methyl sites for hydroxylation is 1. The Morgan fingerprint density at radius 1 is 1.36 bits per heavy atom. The van der Waals surface area contributed by atoms with Gasteiger partial charge >= 0.3 is 0 Å². The second-order valence-electron chi connectivity index (χ2n) is 4.74. The van der Waals surface area contributed by atoms with Gasteiger partial charge in [-0.15, -0.1) is 0 Å². The van der Waals surface area contributed by atoms with Crippen molar-refractivity contribution in [1.82, 2.24) is 14.6 Å². The summed E-state index contributed by atoms with van der Waals surface area (Å²) in [5.74, 6) is 0.571. The second kappa shape index (κ2) is 6.46. The molecule has 0 aliphatic heterocycles. The predicted octanol–water partition coefficient (Wildman–Crippen LogP) is 3.34. The van der Waals surface area contributed by atoms with Crippen molar-refractivity contribution >= 4 is 27.9 Å². The topological polar surface area (TPSA) is 56.5 Å². The third-order valence-electron chi connectivity index (χ3n) is 3.02. The van der Waals surface area contributed by atoms with Gasteiger partial charge in [-0.1, -0.05) is 42.0 Å². The van der Waals surface area contributed by atoms with Gasteiger partial charge in [-0.2, -0.15) is 9.61 Å². The van der Waals surface area contributed by atoms with Crippen LogP contribution in [0, 0.1) is 0 Å². The summed E-state index contributed by atoms with van der Waals surface area (Å²) < 4.78 is 6.96. The maximum atomic E-state index is 12.1. The number of rotatable bonds is 5. The average molecular weight is 336 g/mol. The molecular weight excluding hydrogens is 322 g/mol. The molecule has 0 saturated heterocycles. The molecule has 0 spiro atoms. The highest BCUT2D eigenvalue weighted by atomic mass is 35.5. The Morgan fingerprint density at radius 2 is 2.18 bits per heavy atom. The standard InChI is InChI=1S/C15H14ClN3O2S/c1-2-5-13-18-19-14(20)8-10(17-15(19)22-13)9-21-12-7-4-3-6-11(12)16/h3-4,6-8H,2,5,9H2,1H3. The van der Waals surface area contributed by atoms with E-state index in [2.05, 4.69) is 17.0 Å². The number of benzene rings is 1. The van der Waals surface area contributed by atoms with Crippen LogP contribution in [0.3, 0.4) is 0 Å². The molecule has 2 heterocycles. The van der Waals surface area contributed by atoms with E-state index in [4.69, 9.17) is 16.3 Å². The van der Waals surface area contributed by atoms with E-state index in [0.29, 0.717) is 21.4 Å². The Morgan fingerprint density at radius 3 is 2.95 bits per heavy atom. The number of hydrogen-bond acceptors (Lipinski definition) is 5. The van der Waals surface area contributed by atoms with Crippen LogP contribution in [0.25, 0.3) is 4.96 Å². The highest BCUT2D eigenvalue weighted by molar-refractivity contribution is 7.16. The minimum Gasteiger partial charge on any atom is -0.486 e. The van der Waals surface area contributed by atoms with Gasteiger partial charge in [0.15, 0.2) is 0 Å². The largest absolute Gasteiger partial charge is 0.486 e. The van der Waals surface area contributed by atoms with Gasteiger partial charge in [0.2, 0.25) is 4.96 Å².